The van der Waals surface area contributed by atoms with Crippen LogP contribution in [0.25, 0.3) is 0 Å². The quantitative estimate of drug-likeness (QED) is 0.659. The fraction of sp³-hybridized carbons (Fsp3) is 0.444. The molecular weight excluding hydrogens is 215 g/mol. The highest BCUT2D eigenvalue weighted by molar-refractivity contribution is 6.30. The first-order chi connectivity index (χ1) is 6.32. The van der Waals surface area contributed by atoms with Gasteiger partial charge in [0, 0.05) is 5.69 Å². The van der Waals surface area contributed by atoms with Gasteiger partial charge in [0.1, 0.15) is 5.15 Å². The maximum absolute atomic E-state index is 12.3. The lowest BCUT2D eigenvalue weighted by Gasteiger charge is -2.10. The smallest absolute Gasteiger partial charge is 0.240 e. The molecule has 0 spiro atoms. The van der Waals surface area contributed by atoms with Crippen LogP contribution in [0.4, 0.5) is 13.2 Å². The van der Waals surface area contributed by atoms with Crippen LogP contribution in [-0.2, 0) is 6.18 Å². The van der Waals surface area contributed by atoms with Gasteiger partial charge in [0.2, 0.25) is 0 Å². The summed E-state index contributed by atoms with van der Waals surface area (Å²) in [6.45, 7) is 3.68. The van der Waals surface area contributed by atoms with E-state index < -0.39 is 16.9 Å². The molecule has 0 saturated carbocycles. The molecule has 0 aromatic carbocycles. The predicted molar refractivity (Wildman–Crippen MR) is 48.3 cm³/mol. The van der Waals surface area contributed by atoms with Crippen molar-refractivity contribution in [2.75, 3.05) is 0 Å². The second kappa shape index (κ2) is 3.77. The third kappa shape index (κ3) is 2.38. The molecule has 0 bridgehead atoms. The average molecular weight is 224 g/mol. The lowest BCUT2D eigenvalue weighted by Crippen LogP contribution is -2.08. The molecule has 0 unspecified atom stereocenters. The van der Waals surface area contributed by atoms with Gasteiger partial charge in [-0.05, 0) is 18.1 Å². The van der Waals surface area contributed by atoms with Crippen LogP contribution >= 0.6 is 11.6 Å². The molecule has 0 aliphatic rings. The van der Waals surface area contributed by atoms with Crippen LogP contribution in [0.15, 0.2) is 12.1 Å². The molecule has 0 aliphatic carbocycles. The maximum Gasteiger partial charge on any atom is 0.419 e. The summed E-state index contributed by atoms with van der Waals surface area (Å²) in [5.41, 5.74) is -0.327. The number of hydrogen-bond acceptors (Lipinski definition) is 1. The van der Waals surface area contributed by atoms with Crippen molar-refractivity contribution in [2.45, 2.75) is 25.9 Å². The number of alkyl halides is 3. The summed E-state index contributed by atoms with van der Waals surface area (Å²) in [6.07, 6.45) is -4.43. The molecular formula is C9H9ClF3N. The van der Waals surface area contributed by atoms with Crippen LogP contribution in [0.5, 0.6) is 0 Å². The van der Waals surface area contributed by atoms with Gasteiger partial charge in [-0.25, -0.2) is 4.98 Å². The molecule has 1 aromatic rings. The van der Waals surface area contributed by atoms with E-state index in [0.717, 1.165) is 6.07 Å². The minimum atomic E-state index is -4.43. The summed E-state index contributed by atoms with van der Waals surface area (Å²) in [5.74, 6) is 0.0646. The molecule has 1 heterocycles. The summed E-state index contributed by atoms with van der Waals surface area (Å²) >= 11 is 5.43. The molecule has 0 aliphatic heterocycles. The minimum absolute atomic E-state index is 0.0646. The Labute approximate surface area is 84.9 Å². The third-order valence-electron chi connectivity index (χ3n) is 1.77. The van der Waals surface area contributed by atoms with Crippen LogP contribution < -0.4 is 0 Å². The zero-order valence-corrected chi connectivity index (χ0v) is 8.45. The zero-order chi connectivity index (χ0) is 10.9. The van der Waals surface area contributed by atoms with Gasteiger partial charge in [-0.15, -0.1) is 0 Å². The van der Waals surface area contributed by atoms with Gasteiger partial charge in [0.25, 0.3) is 0 Å². The number of pyridine rings is 1. The molecule has 0 atom stereocenters. The monoisotopic (exact) mass is 223 g/mol. The molecule has 0 fully saturated rings. The Balaban J connectivity index is 3.15. The van der Waals surface area contributed by atoms with E-state index in [1.54, 1.807) is 0 Å². The number of hydrogen-bond donors (Lipinski definition) is 0. The lowest BCUT2D eigenvalue weighted by atomic mass is 10.1. The van der Waals surface area contributed by atoms with Crippen LogP contribution in [0.1, 0.15) is 31.0 Å². The standard InChI is InChI=1S/C9H9ClF3N/c1-5(2)7-4-3-6(8(10)14-7)9(11,12)13/h3-5H,1-2H3. The molecule has 0 radical (unpaired) electrons. The van der Waals surface area contributed by atoms with Crippen molar-refractivity contribution in [2.24, 2.45) is 0 Å². The van der Waals surface area contributed by atoms with Crippen LogP contribution in [0.2, 0.25) is 5.15 Å². The van der Waals surface area contributed by atoms with E-state index in [9.17, 15) is 13.2 Å². The highest BCUT2D eigenvalue weighted by Crippen LogP contribution is 2.34. The van der Waals surface area contributed by atoms with Crippen molar-refractivity contribution >= 4 is 11.6 Å². The molecule has 0 saturated heterocycles. The number of rotatable bonds is 1. The van der Waals surface area contributed by atoms with Crippen molar-refractivity contribution < 1.29 is 13.2 Å². The van der Waals surface area contributed by atoms with E-state index in [0.29, 0.717) is 5.69 Å². The summed E-state index contributed by atoms with van der Waals surface area (Å²) in [5, 5.41) is -0.483. The molecule has 0 amide bonds. The van der Waals surface area contributed by atoms with Crippen molar-refractivity contribution in [1.29, 1.82) is 0 Å². The van der Waals surface area contributed by atoms with Crippen molar-refractivity contribution in [3.05, 3.63) is 28.5 Å². The average Bonchev–Trinajstić information content (AvgIpc) is 2.01. The van der Waals surface area contributed by atoms with Crippen LogP contribution in [-0.4, -0.2) is 4.98 Å². The SMILES string of the molecule is CC(C)c1ccc(C(F)(F)F)c(Cl)n1. The fourth-order valence-electron chi connectivity index (χ4n) is 0.981. The van der Waals surface area contributed by atoms with Crippen molar-refractivity contribution in [1.82, 2.24) is 4.98 Å². The van der Waals surface area contributed by atoms with E-state index in [2.05, 4.69) is 4.98 Å². The Bertz CT molecular complexity index is 333. The van der Waals surface area contributed by atoms with Gasteiger partial charge in [-0.2, -0.15) is 13.2 Å². The second-order valence-corrected chi connectivity index (χ2v) is 3.58. The Hall–Kier alpha value is -0.770. The van der Waals surface area contributed by atoms with Crippen LogP contribution in [0, 0.1) is 0 Å². The van der Waals surface area contributed by atoms with Crippen LogP contribution in [0.3, 0.4) is 0 Å². The molecule has 14 heavy (non-hydrogen) atoms. The van der Waals surface area contributed by atoms with Crippen molar-refractivity contribution in [3.8, 4) is 0 Å². The summed E-state index contributed by atoms with van der Waals surface area (Å²) in [7, 11) is 0. The Morgan fingerprint density at radius 3 is 2.21 bits per heavy atom. The van der Waals surface area contributed by atoms with Gasteiger partial charge >= 0.3 is 6.18 Å². The van der Waals surface area contributed by atoms with Crippen molar-refractivity contribution in [3.63, 3.8) is 0 Å². The van der Waals surface area contributed by atoms with Gasteiger partial charge < -0.3 is 0 Å². The fourth-order valence-corrected chi connectivity index (χ4v) is 1.25. The molecule has 1 nitrogen and oxygen atoms in total. The Morgan fingerprint density at radius 1 is 1.29 bits per heavy atom. The van der Waals surface area contributed by atoms with Gasteiger partial charge in [0.05, 0.1) is 5.56 Å². The molecule has 1 aromatic heterocycles. The van der Waals surface area contributed by atoms with E-state index in [-0.39, 0.29) is 5.92 Å². The number of nitrogens with zero attached hydrogens (tertiary/aromatic N) is 1. The predicted octanol–water partition coefficient (Wildman–Crippen LogP) is 3.88. The first kappa shape index (κ1) is 11.3. The second-order valence-electron chi connectivity index (χ2n) is 3.23. The normalized spacial score (nSPS) is 12.2. The van der Waals surface area contributed by atoms with Gasteiger partial charge in [-0.1, -0.05) is 25.4 Å². The molecule has 5 heteroatoms. The van der Waals surface area contributed by atoms with E-state index >= 15 is 0 Å². The third-order valence-corrected chi connectivity index (χ3v) is 2.06. The largest absolute Gasteiger partial charge is 0.419 e. The lowest BCUT2D eigenvalue weighted by molar-refractivity contribution is -0.137. The highest BCUT2D eigenvalue weighted by atomic mass is 35.5. The van der Waals surface area contributed by atoms with E-state index in [1.165, 1.54) is 6.07 Å². The Kier molecular flexibility index (Phi) is 3.04. The molecule has 1 rings (SSSR count). The zero-order valence-electron chi connectivity index (χ0n) is 7.69. The number of halogens is 4. The summed E-state index contributed by atoms with van der Waals surface area (Å²) in [6, 6.07) is 2.31. The van der Waals surface area contributed by atoms with Gasteiger partial charge in [0.15, 0.2) is 0 Å². The molecule has 78 valence electrons. The minimum Gasteiger partial charge on any atom is -0.240 e. The van der Waals surface area contributed by atoms with E-state index in [4.69, 9.17) is 11.6 Å². The Morgan fingerprint density at radius 2 is 1.86 bits per heavy atom. The number of aromatic nitrogens is 1. The summed E-state index contributed by atoms with van der Waals surface area (Å²) < 4.78 is 36.8. The van der Waals surface area contributed by atoms with Gasteiger partial charge in [-0.3, -0.25) is 0 Å². The summed E-state index contributed by atoms with van der Waals surface area (Å²) in [4.78, 5) is 3.68. The highest BCUT2D eigenvalue weighted by Gasteiger charge is 2.33. The maximum atomic E-state index is 12.3. The van der Waals surface area contributed by atoms with E-state index in [1.807, 2.05) is 13.8 Å². The molecule has 0 N–H and O–H groups in total. The first-order valence-electron chi connectivity index (χ1n) is 4.06. The topological polar surface area (TPSA) is 12.9 Å². The first-order valence-corrected chi connectivity index (χ1v) is 4.44.